The topological polar surface area (TPSA) is 103 Å². The minimum Gasteiger partial charge on any atom is -0.490 e. The summed E-state index contributed by atoms with van der Waals surface area (Å²) in [7, 11) is 0. The number of carbonyl (C=O) groups is 1. The van der Waals surface area contributed by atoms with Gasteiger partial charge < -0.3 is 14.2 Å². The normalized spacial score (nSPS) is 14.5. The summed E-state index contributed by atoms with van der Waals surface area (Å²) < 4.78 is 20.4. The van der Waals surface area contributed by atoms with Gasteiger partial charge in [0.05, 0.1) is 50.3 Å². The fourth-order valence-corrected chi connectivity index (χ4v) is 6.74. The highest BCUT2D eigenvalue weighted by Crippen LogP contribution is 2.35. The lowest BCUT2D eigenvalue weighted by molar-refractivity contribution is -0.139. The van der Waals surface area contributed by atoms with Crippen LogP contribution in [-0.4, -0.2) is 23.8 Å². The SMILES string of the molecule is CCOC(=O)C1=C(C)N=c2s/c(=C\c3cc(I)c(OCc4ccc(C#N)cc4)c(OCC)c3)c(=O)n2[C@H]1c1ccc(C)cc1. The molecule has 0 saturated heterocycles. The molecule has 4 aromatic rings. The average Bonchev–Trinajstić information content (AvgIpc) is 3.30. The van der Waals surface area contributed by atoms with Crippen LogP contribution in [0.15, 0.2) is 81.7 Å². The van der Waals surface area contributed by atoms with Crippen LogP contribution in [0.4, 0.5) is 0 Å². The molecule has 1 atom stereocenters. The quantitative estimate of drug-likeness (QED) is 0.166. The van der Waals surface area contributed by atoms with E-state index >= 15 is 0 Å². The van der Waals surface area contributed by atoms with Crippen LogP contribution in [0.1, 0.15) is 54.6 Å². The van der Waals surface area contributed by atoms with Gasteiger partial charge in [0.15, 0.2) is 16.3 Å². The number of allylic oxidation sites excluding steroid dienone is 1. The lowest BCUT2D eigenvalue weighted by Gasteiger charge is -2.24. The number of esters is 1. The Bertz CT molecular complexity index is 1970. The van der Waals surface area contributed by atoms with Gasteiger partial charge in [0.1, 0.15) is 6.61 Å². The van der Waals surface area contributed by atoms with Crippen molar-refractivity contribution in [3.8, 4) is 17.6 Å². The van der Waals surface area contributed by atoms with Crippen LogP contribution in [0.2, 0.25) is 0 Å². The largest absolute Gasteiger partial charge is 0.490 e. The highest BCUT2D eigenvalue weighted by Gasteiger charge is 2.33. The number of aromatic nitrogens is 1. The number of ether oxygens (including phenoxy) is 3. The average molecular weight is 720 g/mol. The molecule has 8 nitrogen and oxygen atoms in total. The lowest BCUT2D eigenvalue weighted by Crippen LogP contribution is -2.39. The van der Waals surface area contributed by atoms with E-state index in [2.05, 4.69) is 33.7 Å². The maximum atomic E-state index is 14.0. The molecule has 44 heavy (non-hydrogen) atoms. The van der Waals surface area contributed by atoms with Gasteiger partial charge >= 0.3 is 5.97 Å². The van der Waals surface area contributed by atoms with E-state index in [1.807, 2.05) is 68.5 Å². The number of benzene rings is 3. The summed E-state index contributed by atoms with van der Waals surface area (Å²) >= 11 is 3.48. The third-order valence-corrected chi connectivity index (χ3v) is 8.79. The van der Waals surface area contributed by atoms with E-state index in [0.717, 1.165) is 25.8 Å². The number of thiazole rings is 1. The van der Waals surface area contributed by atoms with Crippen molar-refractivity contribution in [3.05, 3.63) is 123 Å². The van der Waals surface area contributed by atoms with Gasteiger partial charge in [-0.2, -0.15) is 5.26 Å². The van der Waals surface area contributed by atoms with Crippen LogP contribution in [0.25, 0.3) is 6.08 Å². The third kappa shape index (κ3) is 6.49. The van der Waals surface area contributed by atoms with Crippen LogP contribution < -0.4 is 24.4 Å². The summed E-state index contributed by atoms with van der Waals surface area (Å²) in [6.07, 6.45) is 1.81. The summed E-state index contributed by atoms with van der Waals surface area (Å²) in [4.78, 5) is 32.3. The fourth-order valence-electron chi connectivity index (χ4n) is 4.91. The molecule has 0 saturated carbocycles. The van der Waals surface area contributed by atoms with Crippen LogP contribution >= 0.6 is 33.9 Å². The molecule has 0 amide bonds. The van der Waals surface area contributed by atoms with E-state index in [0.29, 0.717) is 50.9 Å². The summed E-state index contributed by atoms with van der Waals surface area (Å²) in [6.45, 7) is 8.38. The van der Waals surface area contributed by atoms with Gasteiger partial charge in [-0.05, 0) is 97.3 Å². The first-order valence-corrected chi connectivity index (χ1v) is 16.0. The van der Waals surface area contributed by atoms with Gasteiger partial charge in [0.2, 0.25) is 0 Å². The molecular weight excluding hydrogens is 689 g/mol. The van der Waals surface area contributed by atoms with Crippen LogP contribution in [0.3, 0.4) is 0 Å². The first-order valence-electron chi connectivity index (χ1n) is 14.1. The number of nitriles is 1. The first-order chi connectivity index (χ1) is 21.2. The van der Waals surface area contributed by atoms with Crippen LogP contribution in [0.5, 0.6) is 11.5 Å². The number of hydrogen-bond donors (Lipinski definition) is 0. The monoisotopic (exact) mass is 719 g/mol. The number of carbonyl (C=O) groups excluding carboxylic acids is 1. The predicted octanol–water partition coefficient (Wildman–Crippen LogP) is 5.56. The Morgan fingerprint density at radius 2 is 1.80 bits per heavy atom. The summed E-state index contributed by atoms with van der Waals surface area (Å²) in [5.41, 5.74) is 4.79. The zero-order valence-corrected chi connectivity index (χ0v) is 27.7. The molecule has 5 rings (SSSR count). The van der Waals surface area contributed by atoms with Crippen molar-refractivity contribution < 1.29 is 19.0 Å². The molecule has 0 bridgehead atoms. The molecule has 0 aliphatic carbocycles. The lowest BCUT2D eigenvalue weighted by atomic mass is 9.95. The molecular formula is C34H30IN3O5S. The van der Waals surface area contributed by atoms with Crippen LogP contribution in [0, 0.1) is 21.8 Å². The second-order valence-corrected chi connectivity index (χ2v) is 12.2. The highest BCUT2D eigenvalue weighted by molar-refractivity contribution is 14.1. The fraction of sp³-hybridized carbons (Fsp3) is 0.235. The second-order valence-electron chi connectivity index (χ2n) is 10.1. The molecule has 1 aliphatic rings. The zero-order valence-electron chi connectivity index (χ0n) is 24.7. The van der Waals surface area contributed by atoms with Gasteiger partial charge in [0, 0.05) is 0 Å². The second kappa shape index (κ2) is 13.6. The molecule has 1 aliphatic heterocycles. The Hall–Kier alpha value is -4.21. The van der Waals surface area contributed by atoms with Gasteiger partial charge in [-0.3, -0.25) is 9.36 Å². The molecule has 224 valence electrons. The minimum absolute atomic E-state index is 0.217. The van der Waals surface area contributed by atoms with Gasteiger partial charge in [-0.25, -0.2) is 9.79 Å². The number of halogens is 1. The number of hydrogen-bond acceptors (Lipinski definition) is 8. The van der Waals surface area contributed by atoms with Crippen molar-refractivity contribution in [2.24, 2.45) is 4.99 Å². The van der Waals surface area contributed by atoms with E-state index < -0.39 is 12.0 Å². The van der Waals surface area contributed by atoms with Crippen molar-refractivity contribution in [2.45, 2.75) is 40.3 Å². The van der Waals surface area contributed by atoms with E-state index in [-0.39, 0.29) is 12.2 Å². The minimum atomic E-state index is -0.662. The maximum Gasteiger partial charge on any atom is 0.338 e. The van der Waals surface area contributed by atoms with Gasteiger partial charge in [-0.1, -0.05) is 53.3 Å². The van der Waals surface area contributed by atoms with Crippen molar-refractivity contribution in [1.29, 1.82) is 5.26 Å². The van der Waals surface area contributed by atoms with E-state index in [9.17, 15) is 9.59 Å². The summed E-state index contributed by atoms with van der Waals surface area (Å²) in [5, 5.41) is 9.06. The van der Waals surface area contributed by atoms with Crippen molar-refractivity contribution >= 4 is 46.0 Å². The Morgan fingerprint density at radius 3 is 2.45 bits per heavy atom. The number of fused-ring (bicyclic) bond motifs is 1. The van der Waals surface area contributed by atoms with E-state index in [4.69, 9.17) is 19.5 Å². The highest BCUT2D eigenvalue weighted by atomic mass is 127. The molecule has 2 heterocycles. The summed E-state index contributed by atoms with van der Waals surface area (Å²) in [6, 6.07) is 20.3. The van der Waals surface area contributed by atoms with Crippen molar-refractivity contribution in [2.75, 3.05) is 13.2 Å². The molecule has 0 spiro atoms. The van der Waals surface area contributed by atoms with E-state index in [1.165, 1.54) is 11.3 Å². The predicted molar refractivity (Wildman–Crippen MR) is 177 cm³/mol. The Morgan fingerprint density at radius 1 is 1.07 bits per heavy atom. The number of aryl methyl sites for hydroxylation is 1. The third-order valence-electron chi connectivity index (χ3n) is 7.01. The van der Waals surface area contributed by atoms with Gasteiger partial charge in [-0.15, -0.1) is 0 Å². The van der Waals surface area contributed by atoms with E-state index in [1.54, 1.807) is 30.5 Å². The smallest absolute Gasteiger partial charge is 0.338 e. The molecule has 1 aromatic heterocycles. The first kappa shape index (κ1) is 31.2. The Kier molecular flexibility index (Phi) is 9.66. The number of nitrogens with zero attached hydrogens (tertiary/aromatic N) is 3. The Labute approximate surface area is 272 Å². The molecule has 0 unspecified atom stereocenters. The van der Waals surface area contributed by atoms with Crippen molar-refractivity contribution in [1.82, 2.24) is 4.57 Å². The van der Waals surface area contributed by atoms with Gasteiger partial charge in [0.25, 0.3) is 5.56 Å². The number of rotatable bonds is 9. The maximum absolute atomic E-state index is 14.0. The molecule has 0 fully saturated rings. The van der Waals surface area contributed by atoms with Crippen molar-refractivity contribution in [3.63, 3.8) is 0 Å². The molecule has 0 N–H and O–H groups in total. The molecule has 0 radical (unpaired) electrons. The standard InChI is InChI=1S/C34H30IN3O5S/c1-5-41-27-16-24(15-26(35)31(27)43-19-23-11-9-22(18-36)10-12-23)17-28-32(39)38-30(25-13-7-20(3)8-14-25)29(33(40)42-6-2)21(4)37-34(38)44-28/h7-17,30H,5-6,19H2,1-4H3/b28-17-/t30-/m0/s1. The Balaban J connectivity index is 1.56. The summed E-state index contributed by atoms with van der Waals surface area (Å²) in [5.74, 6) is 0.677. The van der Waals surface area contributed by atoms with Crippen LogP contribution in [-0.2, 0) is 16.1 Å². The molecule has 3 aromatic carbocycles. The molecule has 10 heteroatoms. The zero-order chi connectivity index (χ0) is 31.4.